The molecule has 150 valence electrons. The molecule has 9 heteroatoms. The molecular weight excluding hydrogens is 360 g/mol. The van der Waals surface area contributed by atoms with Crippen LogP contribution in [0.4, 0.5) is 0 Å². The van der Waals surface area contributed by atoms with Crippen LogP contribution in [0.25, 0.3) is 0 Å². The van der Waals surface area contributed by atoms with Gasteiger partial charge in [-0.3, -0.25) is 9.59 Å². The summed E-state index contributed by atoms with van der Waals surface area (Å²) in [4.78, 5) is 45.8. The van der Waals surface area contributed by atoms with Gasteiger partial charge < -0.3 is 28.5 Å². The first kappa shape index (κ1) is 21.0. The number of carbonyl (C=O) groups excluding carboxylic acids is 4. The Morgan fingerprint density at radius 2 is 1.67 bits per heavy atom. The summed E-state index contributed by atoms with van der Waals surface area (Å²) in [6.45, 7) is 4.17. The highest BCUT2D eigenvalue weighted by molar-refractivity contribution is 5.93. The van der Waals surface area contributed by atoms with Gasteiger partial charge in [0, 0.05) is 31.8 Å². The molecular formula is C18H24O9. The summed E-state index contributed by atoms with van der Waals surface area (Å²) in [6.07, 6.45) is 1.39. The molecule has 0 aromatic rings. The van der Waals surface area contributed by atoms with Gasteiger partial charge in [-0.25, -0.2) is 4.79 Å². The molecule has 0 N–H and O–H groups in total. The lowest BCUT2D eigenvalue weighted by Gasteiger charge is -2.32. The van der Waals surface area contributed by atoms with Crippen molar-refractivity contribution in [1.82, 2.24) is 0 Å². The fourth-order valence-electron chi connectivity index (χ4n) is 3.05. The van der Waals surface area contributed by atoms with Crippen molar-refractivity contribution in [3.8, 4) is 0 Å². The Labute approximate surface area is 156 Å². The molecule has 0 aromatic carbocycles. The predicted molar refractivity (Wildman–Crippen MR) is 89.2 cm³/mol. The SMILES string of the molecule is CCOC(=O)C1=CC2(CCC1C=O)O[C@H](COC(C)=O)[C@@H](COC(C)=O)O2. The van der Waals surface area contributed by atoms with Crippen LogP contribution in [0, 0.1) is 5.92 Å². The maximum absolute atomic E-state index is 12.2. The van der Waals surface area contributed by atoms with Crippen molar-refractivity contribution in [2.75, 3.05) is 19.8 Å². The quantitative estimate of drug-likeness (QED) is 0.355. The number of ether oxygens (including phenoxy) is 5. The van der Waals surface area contributed by atoms with Crippen molar-refractivity contribution >= 4 is 24.2 Å². The number of aldehydes is 1. The van der Waals surface area contributed by atoms with Crippen molar-refractivity contribution in [2.24, 2.45) is 5.92 Å². The van der Waals surface area contributed by atoms with Crippen LogP contribution in [0.2, 0.25) is 0 Å². The van der Waals surface area contributed by atoms with E-state index in [1.54, 1.807) is 6.92 Å². The van der Waals surface area contributed by atoms with E-state index in [4.69, 9.17) is 23.7 Å². The normalized spacial score (nSPS) is 26.2. The van der Waals surface area contributed by atoms with Crippen molar-refractivity contribution in [3.05, 3.63) is 11.6 Å². The van der Waals surface area contributed by atoms with Crippen LogP contribution in [-0.2, 0) is 42.9 Å². The molecule has 2 rings (SSSR count). The van der Waals surface area contributed by atoms with Crippen LogP contribution in [-0.4, -0.2) is 62.0 Å². The standard InChI is InChI=1S/C18H24O9/c1-4-23-17(22)14-7-18(6-5-13(14)8-19)26-15(9-24-11(2)20)16(27-18)10-25-12(3)21/h7-8,13,15-16H,4-6,9-10H2,1-3H3/t13?,15-,16-/m1/s1. The Balaban J connectivity index is 2.24. The highest BCUT2D eigenvalue weighted by atomic mass is 16.8. The average molecular weight is 384 g/mol. The summed E-state index contributed by atoms with van der Waals surface area (Å²) in [5.74, 6) is -3.48. The molecule has 0 aromatic heterocycles. The molecule has 0 amide bonds. The molecule has 2 aliphatic rings. The van der Waals surface area contributed by atoms with Crippen LogP contribution in [0.5, 0.6) is 0 Å². The second-order valence-corrected chi connectivity index (χ2v) is 6.33. The Hall–Kier alpha value is -2.26. The van der Waals surface area contributed by atoms with E-state index in [9.17, 15) is 19.2 Å². The lowest BCUT2D eigenvalue weighted by molar-refractivity contribution is -0.165. The third-order valence-corrected chi connectivity index (χ3v) is 4.27. The van der Waals surface area contributed by atoms with Gasteiger partial charge in [-0.1, -0.05) is 0 Å². The smallest absolute Gasteiger partial charge is 0.334 e. The minimum atomic E-state index is -1.28. The van der Waals surface area contributed by atoms with E-state index >= 15 is 0 Å². The molecule has 1 heterocycles. The lowest BCUT2D eigenvalue weighted by Crippen LogP contribution is -2.37. The van der Waals surface area contributed by atoms with Crippen LogP contribution in [0.15, 0.2) is 11.6 Å². The van der Waals surface area contributed by atoms with E-state index in [2.05, 4.69) is 0 Å². The summed E-state index contributed by atoms with van der Waals surface area (Å²) >= 11 is 0. The van der Waals surface area contributed by atoms with Gasteiger partial charge in [-0.15, -0.1) is 0 Å². The molecule has 1 aliphatic carbocycles. The first-order valence-electron chi connectivity index (χ1n) is 8.77. The largest absolute Gasteiger partial charge is 0.463 e. The fourth-order valence-corrected chi connectivity index (χ4v) is 3.05. The molecule has 9 nitrogen and oxygen atoms in total. The summed E-state index contributed by atoms with van der Waals surface area (Å²) in [5.41, 5.74) is 0.164. The van der Waals surface area contributed by atoms with Crippen molar-refractivity contribution < 1.29 is 42.9 Å². The van der Waals surface area contributed by atoms with Gasteiger partial charge >= 0.3 is 17.9 Å². The van der Waals surface area contributed by atoms with E-state index in [0.29, 0.717) is 19.1 Å². The number of esters is 3. The van der Waals surface area contributed by atoms with Crippen LogP contribution in [0.3, 0.4) is 0 Å². The molecule has 0 radical (unpaired) electrons. The van der Waals surface area contributed by atoms with Gasteiger partial charge in [0.2, 0.25) is 0 Å². The fraction of sp³-hybridized carbons (Fsp3) is 0.667. The first-order valence-corrected chi connectivity index (χ1v) is 8.77. The molecule has 1 fully saturated rings. The van der Waals surface area contributed by atoms with Gasteiger partial charge in [0.25, 0.3) is 0 Å². The summed E-state index contributed by atoms with van der Waals surface area (Å²) in [6, 6.07) is 0. The topological polar surface area (TPSA) is 114 Å². The summed E-state index contributed by atoms with van der Waals surface area (Å²) in [5, 5.41) is 0. The van der Waals surface area contributed by atoms with Gasteiger partial charge in [-0.05, 0) is 19.4 Å². The lowest BCUT2D eigenvalue weighted by atomic mass is 9.85. The Morgan fingerprint density at radius 3 is 2.11 bits per heavy atom. The number of hydrogen-bond donors (Lipinski definition) is 0. The van der Waals surface area contributed by atoms with E-state index in [1.807, 2.05) is 0 Å². The average Bonchev–Trinajstić information content (AvgIpc) is 2.95. The zero-order chi connectivity index (χ0) is 20.0. The van der Waals surface area contributed by atoms with Gasteiger partial charge in [0.15, 0.2) is 5.79 Å². The molecule has 1 aliphatic heterocycles. The minimum Gasteiger partial charge on any atom is -0.463 e. The summed E-state index contributed by atoms with van der Waals surface area (Å²) < 4.78 is 26.9. The van der Waals surface area contributed by atoms with Crippen LogP contribution in [0.1, 0.15) is 33.6 Å². The van der Waals surface area contributed by atoms with Crippen LogP contribution >= 0.6 is 0 Å². The van der Waals surface area contributed by atoms with Gasteiger partial charge in [-0.2, -0.15) is 0 Å². The number of rotatable bonds is 7. The first-order chi connectivity index (χ1) is 12.8. The van der Waals surface area contributed by atoms with Crippen LogP contribution < -0.4 is 0 Å². The highest BCUT2D eigenvalue weighted by Crippen LogP contribution is 2.41. The van der Waals surface area contributed by atoms with E-state index in [0.717, 1.165) is 0 Å². The van der Waals surface area contributed by atoms with Crippen molar-refractivity contribution in [2.45, 2.75) is 51.6 Å². The minimum absolute atomic E-state index is 0.0945. The zero-order valence-electron chi connectivity index (χ0n) is 15.6. The third kappa shape index (κ3) is 5.36. The molecule has 27 heavy (non-hydrogen) atoms. The van der Waals surface area contributed by atoms with Gasteiger partial charge in [0.1, 0.15) is 31.7 Å². The second-order valence-electron chi connectivity index (χ2n) is 6.33. The Kier molecular flexibility index (Phi) is 7.09. The predicted octanol–water partition coefficient (Wildman–Crippen LogP) is 0.691. The zero-order valence-corrected chi connectivity index (χ0v) is 15.6. The number of hydrogen-bond acceptors (Lipinski definition) is 9. The molecule has 0 bridgehead atoms. The third-order valence-electron chi connectivity index (χ3n) is 4.27. The Bertz CT molecular complexity index is 598. The number of carbonyl (C=O) groups is 4. The maximum Gasteiger partial charge on any atom is 0.334 e. The summed E-state index contributed by atoms with van der Waals surface area (Å²) in [7, 11) is 0. The molecule has 3 atom stereocenters. The Morgan fingerprint density at radius 1 is 1.11 bits per heavy atom. The van der Waals surface area contributed by atoms with E-state index < -0.39 is 41.8 Å². The van der Waals surface area contributed by atoms with E-state index in [-0.39, 0.29) is 25.4 Å². The van der Waals surface area contributed by atoms with E-state index in [1.165, 1.54) is 19.9 Å². The molecule has 0 saturated carbocycles. The second kappa shape index (κ2) is 9.09. The van der Waals surface area contributed by atoms with Crippen molar-refractivity contribution in [3.63, 3.8) is 0 Å². The molecule has 1 spiro atoms. The van der Waals surface area contributed by atoms with Crippen molar-refractivity contribution in [1.29, 1.82) is 0 Å². The monoisotopic (exact) mass is 384 g/mol. The molecule has 1 saturated heterocycles. The van der Waals surface area contributed by atoms with Gasteiger partial charge in [0.05, 0.1) is 6.61 Å². The molecule has 1 unspecified atom stereocenters. The highest BCUT2D eigenvalue weighted by Gasteiger charge is 2.50. The maximum atomic E-state index is 12.2.